The van der Waals surface area contributed by atoms with E-state index >= 15 is 0 Å². The molecule has 0 saturated carbocycles. The van der Waals surface area contributed by atoms with E-state index in [1.54, 1.807) is 36.5 Å². The zero-order valence-corrected chi connectivity index (χ0v) is 17.2. The van der Waals surface area contributed by atoms with Crippen LogP contribution >= 0.6 is 22.9 Å². The number of aromatic nitrogens is 2. The molecule has 2 heterocycles. The fourth-order valence-corrected chi connectivity index (χ4v) is 4.10. The number of fused-ring (bicyclic) bond motifs is 1. The lowest BCUT2D eigenvalue weighted by atomic mass is 10.1. The van der Waals surface area contributed by atoms with Crippen molar-refractivity contribution in [3.63, 3.8) is 0 Å². The normalized spacial score (nSPS) is 12.1. The van der Waals surface area contributed by atoms with Crippen LogP contribution in [0.25, 0.3) is 21.5 Å². The number of nitrogens with one attached hydrogen (secondary N) is 1. The van der Waals surface area contributed by atoms with Gasteiger partial charge in [0.15, 0.2) is 5.13 Å². The molecule has 1 amide bonds. The van der Waals surface area contributed by atoms with Crippen molar-refractivity contribution in [3.05, 3.63) is 76.9 Å². The predicted molar refractivity (Wildman–Crippen MR) is 118 cm³/mol. The molecular weight excluding hydrogens is 406 g/mol. The summed E-state index contributed by atoms with van der Waals surface area (Å²) in [7, 11) is 0. The van der Waals surface area contributed by atoms with E-state index in [0.717, 1.165) is 15.8 Å². The summed E-state index contributed by atoms with van der Waals surface area (Å²) in [5.74, 6) is -0.226. The molecule has 0 fully saturated rings. The highest BCUT2D eigenvalue weighted by atomic mass is 35.5. The topological polar surface area (TPSA) is 75.1 Å². The number of benzene rings is 2. The van der Waals surface area contributed by atoms with Gasteiger partial charge in [-0.05, 0) is 36.8 Å². The number of hydrogen-bond donors (Lipinski definition) is 2. The van der Waals surface area contributed by atoms with Crippen molar-refractivity contribution in [2.24, 2.45) is 0 Å². The first-order valence-corrected chi connectivity index (χ1v) is 10.4. The van der Waals surface area contributed by atoms with Crippen molar-refractivity contribution >= 4 is 44.2 Å². The van der Waals surface area contributed by atoms with Gasteiger partial charge >= 0.3 is 0 Å². The number of amides is 1. The van der Waals surface area contributed by atoms with Gasteiger partial charge in [0.2, 0.25) is 0 Å². The summed E-state index contributed by atoms with van der Waals surface area (Å²) in [5.41, 5.74) is 3.47. The van der Waals surface area contributed by atoms with Gasteiger partial charge in [-0.3, -0.25) is 15.1 Å². The number of pyridine rings is 1. The number of carbonyl (C=O) groups is 1. The van der Waals surface area contributed by atoms with Gasteiger partial charge in [0, 0.05) is 22.9 Å². The molecule has 0 spiro atoms. The fraction of sp³-hybridized carbons (Fsp3) is 0.136. The number of rotatable bonds is 5. The third-order valence-corrected chi connectivity index (χ3v) is 5.81. The molecule has 0 unspecified atom stereocenters. The Hall–Kier alpha value is -2.80. The number of halogens is 1. The first kappa shape index (κ1) is 19.5. The van der Waals surface area contributed by atoms with E-state index in [-0.39, 0.29) is 5.91 Å². The van der Waals surface area contributed by atoms with E-state index in [1.165, 1.54) is 11.3 Å². The Morgan fingerprint density at radius 3 is 2.66 bits per heavy atom. The highest BCUT2D eigenvalue weighted by molar-refractivity contribution is 7.22. The van der Waals surface area contributed by atoms with Gasteiger partial charge in [-0.15, -0.1) is 0 Å². The molecule has 0 aliphatic rings. The molecule has 146 valence electrons. The molecule has 5 nitrogen and oxygen atoms in total. The van der Waals surface area contributed by atoms with Crippen LogP contribution in [0.2, 0.25) is 5.02 Å². The minimum atomic E-state index is -0.581. The second-order valence-electron chi connectivity index (χ2n) is 6.54. The molecule has 2 aromatic carbocycles. The number of thiazole rings is 1. The zero-order valence-electron chi connectivity index (χ0n) is 15.6. The minimum absolute atomic E-state index is 0.226. The van der Waals surface area contributed by atoms with E-state index in [4.69, 9.17) is 11.6 Å². The monoisotopic (exact) mass is 423 g/mol. The summed E-state index contributed by atoms with van der Waals surface area (Å²) < 4.78 is 1.02. The SMILES string of the molecule is CC[C@@H](O)c1cnc(-c2ccc(C(=O)Nc3nc4ccccc4s3)cc2)c(Cl)c1. The second-order valence-corrected chi connectivity index (χ2v) is 7.98. The number of nitrogens with zero attached hydrogens (tertiary/aromatic N) is 2. The van der Waals surface area contributed by atoms with Crippen LogP contribution in [0.3, 0.4) is 0 Å². The van der Waals surface area contributed by atoms with Gasteiger partial charge in [0.05, 0.1) is 27.0 Å². The van der Waals surface area contributed by atoms with E-state index < -0.39 is 6.10 Å². The van der Waals surface area contributed by atoms with Crippen LogP contribution in [-0.4, -0.2) is 21.0 Å². The molecule has 2 N–H and O–H groups in total. The largest absolute Gasteiger partial charge is 0.388 e. The van der Waals surface area contributed by atoms with E-state index in [2.05, 4.69) is 15.3 Å². The van der Waals surface area contributed by atoms with Crippen LogP contribution < -0.4 is 5.32 Å². The lowest BCUT2D eigenvalue weighted by Crippen LogP contribution is -2.11. The second kappa shape index (κ2) is 8.29. The lowest BCUT2D eigenvalue weighted by molar-refractivity contribution is 0.102. The molecule has 0 radical (unpaired) electrons. The van der Waals surface area contributed by atoms with Gasteiger partial charge in [0.25, 0.3) is 5.91 Å². The van der Waals surface area contributed by atoms with Gasteiger partial charge in [-0.1, -0.05) is 54.1 Å². The first-order chi connectivity index (χ1) is 14.0. The Morgan fingerprint density at radius 2 is 1.97 bits per heavy atom. The zero-order chi connectivity index (χ0) is 20.4. The molecule has 0 bridgehead atoms. The summed E-state index contributed by atoms with van der Waals surface area (Å²) in [6.07, 6.45) is 1.64. The Labute approximate surface area is 177 Å². The van der Waals surface area contributed by atoms with Gasteiger partial charge in [-0.2, -0.15) is 0 Å². The van der Waals surface area contributed by atoms with Crippen LogP contribution in [0.15, 0.2) is 60.8 Å². The maximum absolute atomic E-state index is 12.5. The van der Waals surface area contributed by atoms with Crippen molar-refractivity contribution in [2.45, 2.75) is 19.4 Å². The maximum atomic E-state index is 12.5. The van der Waals surface area contributed by atoms with Crippen molar-refractivity contribution in [2.75, 3.05) is 5.32 Å². The van der Waals surface area contributed by atoms with Crippen LogP contribution in [-0.2, 0) is 0 Å². The summed E-state index contributed by atoms with van der Waals surface area (Å²) in [4.78, 5) is 21.4. The van der Waals surface area contributed by atoms with E-state index in [1.807, 2.05) is 31.2 Å². The van der Waals surface area contributed by atoms with Crippen molar-refractivity contribution < 1.29 is 9.90 Å². The molecule has 2 aromatic heterocycles. The minimum Gasteiger partial charge on any atom is -0.388 e. The highest BCUT2D eigenvalue weighted by Gasteiger charge is 2.13. The first-order valence-electron chi connectivity index (χ1n) is 9.16. The third kappa shape index (κ3) is 4.15. The van der Waals surface area contributed by atoms with Gasteiger partial charge < -0.3 is 5.11 Å². The Bertz CT molecular complexity index is 1140. The summed E-state index contributed by atoms with van der Waals surface area (Å²) in [6.45, 7) is 1.89. The fourth-order valence-electron chi connectivity index (χ4n) is 2.96. The summed E-state index contributed by atoms with van der Waals surface area (Å²) in [5, 5.41) is 13.8. The molecule has 0 aliphatic carbocycles. The Balaban J connectivity index is 1.52. The number of hydrogen-bond acceptors (Lipinski definition) is 5. The average Bonchev–Trinajstić information content (AvgIpc) is 3.15. The van der Waals surface area contributed by atoms with Gasteiger partial charge in [0.1, 0.15) is 0 Å². The number of aliphatic hydroxyl groups excluding tert-OH is 1. The molecule has 7 heteroatoms. The molecule has 0 aliphatic heterocycles. The smallest absolute Gasteiger partial charge is 0.257 e. The number of aliphatic hydroxyl groups is 1. The number of anilines is 1. The Kier molecular flexibility index (Phi) is 5.58. The lowest BCUT2D eigenvalue weighted by Gasteiger charge is -2.10. The van der Waals surface area contributed by atoms with Crippen LogP contribution in [0, 0.1) is 0 Å². The summed E-state index contributed by atoms with van der Waals surface area (Å²) in [6, 6.07) is 16.5. The number of para-hydroxylation sites is 1. The van der Waals surface area contributed by atoms with Crippen LogP contribution in [0.1, 0.15) is 35.4 Å². The molecule has 0 saturated heterocycles. The van der Waals surface area contributed by atoms with Crippen LogP contribution in [0.4, 0.5) is 5.13 Å². The van der Waals surface area contributed by atoms with Crippen molar-refractivity contribution in [3.8, 4) is 11.3 Å². The molecule has 4 rings (SSSR count). The molecule has 4 aromatic rings. The molecule has 29 heavy (non-hydrogen) atoms. The van der Waals surface area contributed by atoms with Crippen molar-refractivity contribution in [1.82, 2.24) is 9.97 Å². The van der Waals surface area contributed by atoms with Crippen LogP contribution in [0.5, 0.6) is 0 Å². The summed E-state index contributed by atoms with van der Waals surface area (Å²) >= 11 is 7.79. The van der Waals surface area contributed by atoms with Gasteiger partial charge in [-0.25, -0.2) is 4.98 Å². The predicted octanol–water partition coefficient (Wildman–Crippen LogP) is 5.71. The maximum Gasteiger partial charge on any atom is 0.257 e. The highest BCUT2D eigenvalue weighted by Crippen LogP contribution is 2.30. The third-order valence-electron chi connectivity index (χ3n) is 4.57. The Morgan fingerprint density at radius 1 is 1.21 bits per heavy atom. The standard InChI is InChI=1S/C22H18ClN3O2S/c1-2-18(27)15-11-16(23)20(24-12-15)13-7-9-14(10-8-13)21(28)26-22-25-17-5-3-4-6-19(17)29-22/h3-12,18,27H,2H2,1H3,(H,25,26,28)/t18-/m1/s1. The average molecular weight is 424 g/mol. The molecular formula is C22H18ClN3O2S. The van der Waals surface area contributed by atoms with E-state index in [0.29, 0.717) is 33.4 Å². The molecule has 1 atom stereocenters. The van der Waals surface area contributed by atoms with Crippen molar-refractivity contribution in [1.29, 1.82) is 0 Å². The van der Waals surface area contributed by atoms with E-state index in [9.17, 15) is 9.90 Å². The quantitative estimate of drug-likeness (QED) is 0.431. The number of carbonyl (C=O) groups excluding carboxylic acids is 1.